The van der Waals surface area contributed by atoms with Crippen molar-refractivity contribution in [1.29, 1.82) is 0 Å². The van der Waals surface area contributed by atoms with Gasteiger partial charge in [-0.15, -0.1) is 11.8 Å². The number of nitrogens with zero attached hydrogens (tertiary/aromatic N) is 2. The first-order chi connectivity index (χ1) is 8.56. The maximum atomic E-state index is 12.3. The summed E-state index contributed by atoms with van der Waals surface area (Å²) in [6, 6.07) is -1.17. The van der Waals surface area contributed by atoms with Gasteiger partial charge in [0.2, 0.25) is 0 Å². The molecule has 3 unspecified atom stereocenters. The zero-order valence-corrected chi connectivity index (χ0v) is 11.1. The molecule has 2 aliphatic rings. The number of rotatable bonds is 2. The highest BCUT2D eigenvalue weighted by atomic mass is 32.2. The lowest BCUT2D eigenvalue weighted by Crippen LogP contribution is -2.51. The third kappa shape index (κ3) is 2.29. The molecule has 0 aliphatic carbocycles. The number of hydrogen-bond acceptors (Lipinski definition) is 4. The second kappa shape index (κ2) is 5.36. The van der Waals surface area contributed by atoms with Gasteiger partial charge in [0.25, 0.3) is 0 Å². The third-order valence-corrected chi connectivity index (χ3v) is 4.74. The number of thioether (sulfide) groups is 1. The molecule has 3 atom stereocenters. The summed E-state index contributed by atoms with van der Waals surface area (Å²) in [5.74, 6) is 0.159. The molecule has 18 heavy (non-hydrogen) atoms. The molecule has 6 nitrogen and oxygen atoms in total. The van der Waals surface area contributed by atoms with E-state index in [9.17, 15) is 14.7 Å². The first kappa shape index (κ1) is 13.5. The number of urea groups is 1. The first-order valence-corrected chi connectivity index (χ1v) is 7.20. The Kier molecular flexibility index (Phi) is 4.01. The molecule has 2 saturated heterocycles. The normalized spacial score (nSPS) is 32.0. The summed E-state index contributed by atoms with van der Waals surface area (Å²) < 4.78 is 0. The van der Waals surface area contributed by atoms with Crippen LogP contribution in [0.4, 0.5) is 4.79 Å². The molecule has 0 aromatic heterocycles. The van der Waals surface area contributed by atoms with Crippen LogP contribution in [0.1, 0.15) is 13.3 Å². The Morgan fingerprint density at radius 3 is 2.72 bits per heavy atom. The van der Waals surface area contributed by atoms with Crippen LogP contribution in [0.25, 0.3) is 0 Å². The number of carbonyl (C=O) groups excluding carboxylic acids is 1. The van der Waals surface area contributed by atoms with Gasteiger partial charge in [-0.3, -0.25) is 0 Å². The summed E-state index contributed by atoms with van der Waals surface area (Å²) in [5.41, 5.74) is 0. The van der Waals surface area contributed by atoms with Gasteiger partial charge >= 0.3 is 12.0 Å². The van der Waals surface area contributed by atoms with Crippen LogP contribution in [0.2, 0.25) is 0 Å². The Hall–Kier alpha value is -0.950. The van der Waals surface area contributed by atoms with Crippen molar-refractivity contribution in [2.24, 2.45) is 5.92 Å². The topological polar surface area (TPSA) is 81.1 Å². The van der Waals surface area contributed by atoms with Gasteiger partial charge in [-0.2, -0.15) is 0 Å². The van der Waals surface area contributed by atoms with E-state index in [0.29, 0.717) is 18.2 Å². The quantitative estimate of drug-likeness (QED) is 0.755. The molecule has 102 valence electrons. The largest absolute Gasteiger partial charge is 0.480 e. The van der Waals surface area contributed by atoms with Crippen molar-refractivity contribution in [2.75, 3.05) is 24.8 Å². The minimum atomic E-state index is -0.957. The van der Waals surface area contributed by atoms with Gasteiger partial charge in [0, 0.05) is 12.3 Å². The maximum Gasteiger partial charge on any atom is 0.327 e. The molecule has 2 aliphatic heterocycles. The van der Waals surface area contributed by atoms with Gasteiger partial charge in [-0.05, 0) is 12.3 Å². The van der Waals surface area contributed by atoms with Crippen LogP contribution in [0.5, 0.6) is 0 Å². The average molecular weight is 274 g/mol. The number of amides is 2. The molecule has 2 fully saturated rings. The number of likely N-dealkylation sites (tertiary alicyclic amines) is 1. The number of carboxylic acids is 1. The fraction of sp³-hybridized carbons (Fsp3) is 0.818. The lowest BCUT2D eigenvalue weighted by Gasteiger charge is -2.31. The number of hydrogen-bond donors (Lipinski definition) is 2. The molecular formula is C11H18N2O4S. The van der Waals surface area contributed by atoms with Crippen molar-refractivity contribution >= 4 is 23.8 Å². The molecule has 0 bridgehead atoms. The minimum absolute atomic E-state index is 0.0639. The van der Waals surface area contributed by atoms with E-state index < -0.39 is 12.0 Å². The van der Waals surface area contributed by atoms with E-state index in [2.05, 4.69) is 0 Å². The Bertz CT molecular complexity index is 352. The van der Waals surface area contributed by atoms with E-state index >= 15 is 0 Å². The van der Waals surface area contributed by atoms with E-state index in [1.54, 1.807) is 4.90 Å². The molecular weight excluding hydrogens is 256 g/mol. The molecule has 0 radical (unpaired) electrons. The number of carboxylic acid groups (broad SMARTS) is 1. The zero-order chi connectivity index (χ0) is 13.3. The summed E-state index contributed by atoms with van der Waals surface area (Å²) in [7, 11) is 0. The van der Waals surface area contributed by atoms with Crippen molar-refractivity contribution in [3.8, 4) is 0 Å². The van der Waals surface area contributed by atoms with Crippen molar-refractivity contribution in [3.63, 3.8) is 0 Å². The van der Waals surface area contributed by atoms with E-state index in [-0.39, 0.29) is 24.6 Å². The highest BCUT2D eigenvalue weighted by molar-refractivity contribution is 7.99. The molecule has 0 aromatic rings. The fourth-order valence-electron chi connectivity index (χ4n) is 2.52. The van der Waals surface area contributed by atoms with Gasteiger partial charge in [-0.25, -0.2) is 9.59 Å². The second-order valence-corrected chi connectivity index (χ2v) is 5.82. The monoisotopic (exact) mass is 274 g/mol. The molecule has 2 rings (SSSR count). The summed E-state index contributed by atoms with van der Waals surface area (Å²) in [6.07, 6.45) is 0.857. The van der Waals surface area contributed by atoms with Crippen LogP contribution in [0, 0.1) is 5.92 Å². The highest BCUT2D eigenvalue weighted by Gasteiger charge is 2.41. The predicted molar refractivity (Wildman–Crippen MR) is 67.3 cm³/mol. The molecule has 2 amide bonds. The fourth-order valence-corrected chi connectivity index (χ4v) is 3.66. The molecule has 0 saturated carbocycles. The van der Waals surface area contributed by atoms with Crippen LogP contribution < -0.4 is 0 Å². The molecule has 2 heterocycles. The van der Waals surface area contributed by atoms with Crippen molar-refractivity contribution in [2.45, 2.75) is 25.4 Å². The van der Waals surface area contributed by atoms with Gasteiger partial charge < -0.3 is 20.0 Å². The SMILES string of the molecule is CC1CCN(C(=O)N2CSCC2C(=O)O)C1CO. The summed E-state index contributed by atoms with van der Waals surface area (Å²) >= 11 is 1.45. The second-order valence-electron chi connectivity index (χ2n) is 4.82. The summed E-state index contributed by atoms with van der Waals surface area (Å²) in [6.45, 7) is 2.53. The molecule has 7 heteroatoms. The van der Waals surface area contributed by atoms with Gasteiger partial charge in [-0.1, -0.05) is 6.92 Å². The Labute approximate surface area is 110 Å². The first-order valence-electron chi connectivity index (χ1n) is 6.05. The standard InChI is InChI=1S/C11H18N2O4S/c1-7-2-3-12(8(7)4-14)11(17)13-6-18-5-9(13)10(15)16/h7-9,14H,2-6H2,1H3,(H,15,16). The third-order valence-electron chi connectivity index (χ3n) is 3.73. The number of aliphatic hydroxyl groups excluding tert-OH is 1. The Morgan fingerprint density at radius 2 is 2.11 bits per heavy atom. The Balaban J connectivity index is 2.09. The molecule has 0 spiro atoms. The van der Waals surface area contributed by atoms with Gasteiger partial charge in [0.15, 0.2) is 0 Å². The van der Waals surface area contributed by atoms with E-state index in [1.807, 2.05) is 6.92 Å². The van der Waals surface area contributed by atoms with Crippen molar-refractivity contribution < 1.29 is 19.8 Å². The average Bonchev–Trinajstić information content (AvgIpc) is 2.93. The summed E-state index contributed by atoms with van der Waals surface area (Å²) in [4.78, 5) is 26.4. The van der Waals surface area contributed by atoms with Crippen molar-refractivity contribution in [1.82, 2.24) is 9.80 Å². The van der Waals surface area contributed by atoms with Crippen LogP contribution in [-0.4, -0.2) is 68.9 Å². The lowest BCUT2D eigenvalue weighted by atomic mass is 10.0. The highest BCUT2D eigenvalue weighted by Crippen LogP contribution is 2.28. The number of aliphatic hydroxyl groups is 1. The van der Waals surface area contributed by atoms with Crippen LogP contribution >= 0.6 is 11.8 Å². The molecule has 2 N–H and O–H groups in total. The van der Waals surface area contributed by atoms with Gasteiger partial charge in [0.05, 0.1) is 18.5 Å². The van der Waals surface area contributed by atoms with Gasteiger partial charge in [0.1, 0.15) is 6.04 Å². The smallest absolute Gasteiger partial charge is 0.327 e. The Morgan fingerprint density at radius 1 is 1.39 bits per heavy atom. The number of aliphatic carboxylic acids is 1. The maximum absolute atomic E-state index is 12.3. The van der Waals surface area contributed by atoms with Crippen molar-refractivity contribution in [3.05, 3.63) is 0 Å². The van der Waals surface area contributed by atoms with Crippen LogP contribution in [0.15, 0.2) is 0 Å². The lowest BCUT2D eigenvalue weighted by molar-refractivity contribution is -0.141. The van der Waals surface area contributed by atoms with Crippen LogP contribution in [0.3, 0.4) is 0 Å². The minimum Gasteiger partial charge on any atom is -0.480 e. The summed E-state index contributed by atoms with van der Waals surface area (Å²) in [5, 5.41) is 18.4. The van der Waals surface area contributed by atoms with E-state index in [0.717, 1.165) is 6.42 Å². The van der Waals surface area contributed by atoms with E-state index in [1.165, 1.54) is 16.7 Å². The predicted octanol–water partition coefficient (Wildman–Crippen LogP) is 0.269. The zero-order valence-electron chi connectivity index (χ0n) is 10.3. The number of carbonyl (C=O) groups is 2. The van der Waals surface area contributed by atoms with E-state index in [4.69, 9.17) is 5.11 Å². The molecule has 0 aromatic carbocycles. The van der Waals surface area contributed by atoms with Crippen LogP contribution in [-0.2, 0) is 4.79 Å².